The summed E-state index contributed by atoms with van der Waals surface area (Å²) in [6.45, 7) is 7.89. The number of hydrogen-bond donors (Lipinski definition) is 0. The molecule has 1 aliphatic rings. The second-order valence-electron chi connectivity index (χ2n) is 7.29. The minimum absolute atomic E-state index is 0.0170. The van der Waals surface area contributed by atoms with Crippen LogP contribution in [0.25, 0.3) is 10.9 Å². The van der Waals surface area contributed by atoms with E-state index in [2.05, 4.69) is 28.1 Å². The largest absolute Gasteiger partial charge is 0.370 e. The van der Waals surface area contributed by atoms with Crippen LogP contribution in [0.15, 0.2) is 18.3 Å². The number of anilines is 1. The van der Waals surface area contributed by atoms with Crippen LogP contribution in [0.2, 0.25) is 0 Å². The molecule has 0 saturated carbocycles. The van der Waals surface area contributed by atoms with Gasteiger partial charge in [0.05, 0.1) is 23.0 Å². The Morgan fingerprint density at radius 3 is 2.52 bits per heavy atom. The van der Waals surface area contributed by atoms with Crippen molar-refractivity contribution in [2.24, 2.45) is 0 Å². The van der Waals surface area contributed by atoms with Gasteiger partial charge in [-0.2, -0.15) is 9.57 Å². The van der Waals surface area contributed by atoms with E-state index in [9.17, 15) is 13.7 Å². The molecule has 3 rings (SSSR count). The average Bonchev–Trinajstić information content (AvgIpc) is 2.60. The fourth-order valence-corrected chi connectivity index (χ4v) is 5.43. The molecule has 0 bridgehead atoms. The number of rotatable bonds is 4. The summed E-state index contributed by atoms with van der Waals surface area (Å²) in [4.78, 5) is 6.72. The summed E-state index contributed by atoms with van der Waals surface area (Å²) < 4.78 is 25.6. The average molecular weight is 387 g/mol. The van der Waals surface area contributed by atoms with Crippen molar-refractivity contribution in [3.8, 4) is 6.07 Å². The fraction of sp³-hybridized carbons (Fsp3) is 0.500. The number of piperidine rings is 1. The summed E-state index contributed by atoms with van der Waals surface area (Å²) >= 11 is 0. The predicted molar refractivity (Wildman–Crippen MR) is 108 cm³/mol. The molecule has 1 saturated heterocycles. The summed E-state index contributed by atoms with van der Waals surface area (Å²) in [5.41, 5.74) is 4.65. The molecule has 1 aliphatic heterocycles. The monoisotopic (exact) mass is 386 g/mol. The van der Waals surface area contributed by atoms with Crippen molar-refractivity contribution in [3.63, 3.8) is 0 Å². The fourth-order valence-electron chi connectivity index (χ4n) is 4.21. The van der Waals surface area contributed by atoms with Crippen LogP contribution in [0.5, 0.6) is 0 Å². The number of pyridine rings is 1. The molecule has 0 radical (unpaired) electrons. The Hall–Kier alpha value is -2.17. The molecule has 1 aromatic heterocycles. The third kappa shape index (κ3) is 3.78. The maximum Gasteiger partial charge on any atom is 0.211 e. The van der Waals surface area contributed by atoms with Crippen molar-refractivity contribution >= 4 is 26.6 Å². The van der Waals surface area contributed by atoms with E-state index in [1.807, 2.05) is 20.8 Å². The van der Waals surface area contributed by atoms with Crippen molar-refractivity contribution < 1.29 is 8.42 Å². The molecule has 27 heavy (non-hydrogen) atoms. The zero-order valence-corrected chi connectivity index (χ0v) is 17.2. The van der Waals surface area contributed by atoms with Gasteiger partial charge in [-0.15, -0.1) is 0 Å². The van der Waals surface area contributed by atoms with Crippen LogP contribution in [0.3, 0.4) is 0 Å². The minimum Gasteiger partial charge on any atom is -0.370 e. The molecule has 0 spiro atoms. The van der Waals surface area contributed by atoms with E-state index in [0.717, 1.165) is 53.6 Å². The molecule has 2 heterocycles. The van der Waals surface area contributed by atoms with E-state index in [1.54, 1.807) is 10.5 Å². The van der Waals surface area contributed by atoms with Crippen LogP contribution in [0.1, 0.15) is 36.5 Å². The third-order valence-corrected chi connectivity index (χ3v) is 6.73. The van der Waals surface area contributed by atoms with E-state index in [0.29, 0.717) is 12.1 Å². The molecular formula is C20H26N4O2S. The van der Waals surface area contributed by atoms with Crippen molar-refractivity contribution in [1.82, 2.24) is 9.29 Å². The van der Waals surface area contributed by atoms with Gasteiger partial charge < -0.3 is 4.90 Å². The number of nitriles is 1. The second-order valence-corrected chi connectivity index (χ2v) is 9.23. The molecular weight excluding hydrogens is 360 g/mol. The Bertz CT molecular complexity index is 1000. The highest BCUT2D eigenvalue weighted by Gasteiger charge is 2.30. The van der Waals surface area contributed by atoms with Crippen molar-refractivity contribution in [1.29, 1.82) is 5.26 Å². The highest BCUT2D eigenvalue weighted by molar-refractivity contribution is 7.88. The first-order chi connectivity index (χ1) is 12.8. The minimum atomic E-state index is -3.20. The maximum absolute atomic E-state index is 12.0. The lowest BCUT2D eigenvalue weighted by Crippen LogP contribution is -2.47. The first-order valence-corrected chi connectivity index (χ1v) is 11.1. The van der Waals surface area contributed by atoms with Gasteiger partial charge >= 0.3 is 0 Å². The van der Waals surface area contributed by atoms with Crippen LogP contribution in [0, 0.1) is 25.2 Å². The van der Waals surface area contributed by atoms with Gasteiger partial charge in [0, 0.05) is 37.3 Å². The molecule has 0 atom stereocenters. The molecule has 0 amide bonds. The van der Waals surface area contributed by atoms with Gasteiger partial charge in [-0.1, -0.05) is 18.6 Å². The zero-order chi connectivity index (χ0) is 19.8. The van der Waals surface area contributed by atoms with Crippen molar-refractivity contribution in [2.75, 3.05) is 30.8 Å². The highest BCUT2D eigenvalue weighted by Crippen LogP contribution is 2.34. The standard InChI is InChI=1S/C20H26N4O2S/c1-5-24(27(4,25)26)17-6-8-23(9-7-17)20-16(12-21)13-22-19-15(3)10-14(2)11-18(19)20/h10-11,13,17H,5-9H2,1-4H3. The van der Waals surface area contributed by atoms with Gasteiger partial charge in [-0.3, -0.25) is 4.98 Å². The van der Waals surface area contributed by atoms with Crippen LogP contribution in [-0.4, -0.2) is 49.6 Å². The van der Waals surface area contributed by atoms with Crippen LogP contribution in [0.4, 0.5) is 5.69 Å². The highest BCUT2D eigenvalue weighted by atomic mass is 32.2. The van der Waals surface area contributed by atoms with Gasteiger partial charge in [0.1, 0.15) is 6.07 Å². The predicted octanol–water partition coefficient (Wildman–Crippen LogP) is 2.97. The van der Waals surface area contributed by atoms with Gasteiger partial charge in [0.25, 0.3) is 0 Å². The molecule has 0 unspecified atom stereocenters. The lowest BCUT2D eigenvalue weighted by molar-refractivity contribution is 0.285. The number of hydrogen-bond acceptors (Lipinski definition) is 5. The molecule has 2 aromatic rings. The van der Waals surface area contributed by atoms with E-state index in [4.69, 9.17) is 0 Å². The molecule has 1 fully saturated rings. The third-order valence-electron chi connectivity index (χ3n) is 5.32. The van der Waals surface area contributed by atoms with Crippen LogP contribution in [-0.2, 0) is 10.0 Å². The van der Waals surface area contributed by atoms with E-state index in [1.165, 1.54) is 6.26 Å². The zero-order valence-electron chi connectivity index (χ0n) is 16.4. The van der Waals surface area contributed by atoms with Gasteiger partial charge in [0.15, 0.2) is 0 Å². The topological polar surface area (TPSA) is 77.3 Å². The van der Waals surface area contributed by atoms with Crippen LogP contribution >= 0.6 is 0 Å². The number of benzene rings is 1. The van der Waals surface area contributed by atoms with E-state index in [-0.39, 0.29) is 6.04 Å². The first kappa shape index (κ1) is 19.6. The second kappa shape index (κ2) is 7.45. The summed E-state index contributed by atoms with van der Waals surface area (Å²) in [5.74, 6) is 0. The normalized spacial score (nSPS) is 16.1. The Labute approximate surface area is 161 Å². The van der Waals surface area contributed by atoms with Crippen molar-refractivity contribution in [3.05, 3.63) is 35.0 Å². The van der Waals surface area contributed by atoms with Gasteiger partial charge in [0.2, 0.25) is 10.0 Å². The summed E-state index contributed by atoms with van der Waals surface area (Å²) in [7, 11) is -3.20. The number of sulfonamides is 1. The first-order valence-electron chi connectivity index (χ1n) is 9.28. The van der Waals surface area contributed by atoms with Crippen LogP contribution < -0.4 is 4.90 Å². The number of nitrogens with zero attached hydrogens (tertiary/aromatic N) is 4. The Morgan fingerprint density at radius 1 is 1.30 bits per heavy atom. The maximum atomic E-state index is 12.0. The smallest absolute Gasteiger partial charge is 0.211 e. The molecule has 1 aromatic carbocycles. The quantitative estimate of drug-likeness (QED) is 0.807. The summed E-state index contributed by atoms with van der Waals surface area (Å²) in [6, 6.07) is 6.49. The van der Waals surface area contributed by atoms with Crippen molar-refractivity contribution in [2.45, 2.75) is 39.7 Å². The lowest BCUT2D eigenvalue weighted by atomic mass is 9.99. The Balaban J connectivity index is 1.97. The Morgan fingerprint density at radius 2 is 1.96 bits per heavy atom. The molecule has 6 nitrogen and oxygen atoms in total. The molecule has 7 heteroatoms. The number of aryl methyl sites for hydroxylation is 2. The SMILES string of the molecule is CCN(C1CCN(c2c(C#N)cnc3c(C)cc(C)cc23)CC1)S(C)(=O)=O. The molecule has 0 N–H and O–H groups in total. The number of fused-ring (bicyclic) bond motifs is 1. The summed E-state index contributed by atoms with van der Waals surface area (Å²) in [6.07, 6.45) is 4.43. The van der Waals surface area contributed by atoms with E-state index < -0.39 is 10.0 Å². The van der Waals surface area contributed by atoms with Gasteiger partial charge in [-0.05, 0) is 38.3 Å². The number of aromatic nitrogens is 1. The lowest BCUT2D eigenvalue weighted by Gasteiger charge is -2.38. The summed E-state index contributed by atoms with van der Waals surface area (Å²) in [5, 5.41) is 10.6. The molecule has 0 aliphatic carbocycles. The van der Waals surface area contributed by atoms with Gasteiger partial charge in [-0.25, -0.2) is 8.42 Å². The molecule has 144 valence electrons. The Kier molecular flexibility index (Phi) is 5.41. The van der Waals surface area contributed by atoms with E-state index >= 15 is 0 Å².